The van der Waals surface area contributed by atoms with Crippen LogP contribution in [-0.2, 0) is 11.0 Å². The molecule has 28 heavy (non-hydrogen) atoms. The van der Waals surface area contributed by atoms with Crippen molar-refractivity contribution in [3.63, 3.8) is 0 Å². The van der Waals surface area contributed by atoms with Gasteiger partial charge in [0.15, 0.2) is 0 Å². The van der Waals surface area contributed by atoms with Gasteiger partial charge < -0.3 is 15.5 Å². The highest BCUT2D eigenvalue weighted by atomic mass is 32.2. The highest BCUT2D eigenvalue weighted by Gasteiger charge is 2.33. The number of anilines is 1. The van der Waals surface area contributed by atoms with Gasteiger partial charge in [0, 0.05) is 35.1 Å². The van der Waals surface area contributed by atoms with Crippen LogP contribution in [0.15, 0.2) is 46.0 Å². The normalized spacial score (nSPS) is 16.2. The number of nitrogens with one attached hydrogen (secondary N) is 1. The molecule has 0 radical (unpaired) electrons. The average Bonchev–Trinajstić information content (AvgIpc) is 3.16. The Balaban J connectivity index is 1.82. The van der Waals surface area contributed by atoms with Crippen molar-refractivity contribution in [2.24, 2.45) is 0 Å². The van der Waals surface area contributed by atoms with Crippen molar-refractivity contribution in [1.29, 1.82) is 0 Å². The summed E-state index contributed by atoms with van der Waals surface area (Å²) < 4.78 is 45.7. The number of aromatic nitrogens is 1. The summed E-state index contributed by atoms with van der Waals surface area (Å²) in [6, 6.07) is 5.28. The van der Waals surface area contributed by atoms with Crippen molar-refractivity contribution >= 4 is 56.9 Å². The summed E-state index contributed by atoms with van der Waals surface area (Å²) in [5.74, 6) is 0.0280. The number of halogens is 3. The van der Waals surface area contributed by atoms with E-state index in [2.05, 4.69) is 10.3 Å². The fourth-order valence-electron chi connectivity index (χ4n) is 2.78. The Kier molecular flexibility index (Phi) is 4.39. The number of amides is 1. The summed E-state index contributed by atoms with van der Waals surface area (Å²) in [4.78, 5) is 16.2. The number of carbonyl (C=O) groups excluding carboxylic acids is 1. The molecule has 1 aliphatic heterocycles. The van der Waals surface area contributed by atoms with Crippen LogP contribution in [0.4, 0.5) is 18.9 Å². The van der Waals surface area contributed by atoms with Crippen LogP contribution >= 0.6 is 24.0 Å². The lowest BCUT2D eigenvalue weighted by Gasteiger charge is -2.12. The van der Waals surface area contributed by atoms with Crippen LogP contribution in [0.5, 0.6) is 0 Å². The molecule has 3 aromatic rings. The number of hydrogen-bond acceptors (Lipinski definition) is 6. The predicted octanol–water partition coefficient (Wildman–Crippen LogP) is 4.58. The number of nitrogens with zero attached hydrogens (tertiary/aromatic N) is 1. The summed E-state index contributed by atoms with van der Waals surface area (Å²) in [5.41, 5.74) is 5.18. The topological polar surface area (TPSA) is 81.1 Å². The molecule has 3 N–H and O–H groups in total. The number of hydrogen-bond donors (Lipinski definition) is 2. The van der Waals surface area contributed by atoms with E-state index < -0.39 is 11.7 Å². The zero-order chi connectivity index (χ0) is 20.1. The Labute approximate surface area is 165 Å². The predicted molar refractivity (Wildman–Crippen MR) is 105 cm³/mol. The van der Waals surface area contributed by atoms with Crippen LogP contribution in [0, 0.1) is 0 Å². The highest BCUT2D eigenvalue weighted by molar-refractivity contribution is 8.26. The fraction of sp³-hybridized carbons (Fsp3) is 0.0556. The Morgan fingerprint density at radius 3 is 2.71 bits per heavy atom. The number of fused-ring (bicyclic) bond motifs is 1. The van der Waals surface area contributed by atoms with Crippen molar-refractivity contribution in [2.75, 3.05) is 5.73 Å². The molecule has 0 spiro atoms. The van der Waals surface area contributed by atoms with E-state index in [9.17, 15) is 18.0 Å². The van der Waals surface area contributed by atoms with Crippen LogP contribution < -0.4 is 11.1 Å². The molecule has 1 fully saturated rings. The number of nitrogen functional groups attached to an aromatic ring is 1. The highest BCUT2D eigenvalue weighted by Crippen LogP contribution is 2.38. The van der Waals surface area contributed by atoms with Crippen molar-refractivity contribution in [1.82, 2.24) is 10.3 Å². The van der Waals surface area contributed by atoms with E-state index in [1.807, 2.05) is 0 Å². The molecular formula is C18H10F3N3O2S2. The van der Waals surface area contributed by atoms with Gasteiger partial charge in [-0.3, -0.25) is 9.78 Å². The van der Waals surface area contributed by atoms with Crippen LogP contribution in [0.3, 0.4) is 0 Å². The summed E-state index contributed by atoms with van der Waals surface area (Å²) >= 11 is 6.04. The molecule has 1 saturated heterocycles. The standard InChI is InChI=1S/C18H10F3N3O2S2/c19-18(20,21)12-4-8(1-2-13(12)22)11-7-23-6-9-3-10(26-15(9)11)5-14-16(25)24-17(27)28-14/h1-7H,22H2,(H,24,25,27)/b14-5+. The summed E-state index contributed by atoms with van der Waals surface area (Å²) in [5, 5.41) is 3.08. The molecular weight excluding hydrogens is 411 g/mol. The molecule has 0 unspecified atom stereocenters. The van der Waals surface area contributed by atoms with Gasteiger partial charge in [0.1, 0.15) is 15.7 Å². The van der Waals surface area contributed by atoms with Gasteiger partial charge in [0.05, 0.1) is 10.5 Å². The molecule has 1 amide bonds. The maximum Gasteiger partial charge on any atom is 0.418 e. The second kappa shape index (κ2) is 6.64. The number of thioether (sulfide) groups is 1. The molecule has 4 rings (SSSR count). The molecule has 0 aliphatic carbocycles. The number of thiocarbonyl (C=S) groups is 1. The number of alkyl halides is 3. The lowest BCUT2D eigenvalue weighted by atomic mass is 10.0. The number of pyridine rings is 1. The van der Waals surface area contributed by atoms with E-state index in [1.165, 1.54) is 30.6 Å². The van der Waals surface area contributed by atoms with Crippen molar-refractivity contribution in [3.05, 3.63) is 52.9 Å². The molecule has 1 aliphatic rings. The molecule has 10 heteroatoms. The lowest BCUT2D eigenvalue weighted by Crippen LogP contribution is -2.17. The van der Waals surface area contributed by atoms with Crippen LogP contribution in [-0.4, -0.2) is 15.2 Å². The molecule has 142 valence electrons. The average molecular weight is 421 g/mol. The molecule has 3 heterocycles. The minimum absolute atomic E-state index is 0.266. The van der Waals surface area contributed by atoms with Gasteiger partial charge in [-0.15, -0.1) is 0 Å². The maximum atomic E-state index is 13.2. The smallest absolute Gasteiger partial charge is 0.418 e. The third-order valence-corrected chi connectivity index (χ3v) is 5.19. The van der Waals surface area contributed by atoms with E-state index >= 15 is 0 Å². The van der Waals surface area contributed by atoms with Gasteiger partial charge in [-0.25, -0.2) is 0 Å². The number of benzene rings is 1. The Hall–Kier alpha value is -2.85. The molecule has 1 aromatic carbocycles. The summed E-state index contributed by atoms with van der Waals surface area (Å²) in [6.07, 6.45) is -0.113. The van der Waals surface area contributed by atoms with Crippen LogP contribution in [0.2, 0.25) is 0 Å². The molecule has 2 aromatic heterocycles. The summed E-state index contributed by atoms with van der Waals surface area (Å²) in [7, 11) is 0. The summed E-state index contributed by atoms with van der Waals surface area (Å²) in [6.45, 7) is 0. The first kappa shape index (κ1) is 18.5. The minimum atomic E-state index is -4.58. The molecule has 0 saturated carbocycles. The Morgan fingerprint density at radius 1 is 1.25 bits per heavy atom. The van der Waals surface area contributed by atoms with Crippen LogP contribution in [0.1, 0.15) is 11.3 Å². The number of carbonyl (C=O) groups is 1. The number of rotatable bonds is 2. The minimum Gasteiger partial charge on any atom is -0.456 e. The molecule has 0 bridgehead atoms. The quantitative estimate of drug-likeness (QED) is 0.358. The Morgan fingerprint density at radius 2 is 2.04 bits per heavy atom. The largest absolute Gasteiger partial charge is 0.456 e. The second-order valence-corrected chi connectivity index (χ2v) is 7.63. The zero-order valence-corrected chi connectivity index (χ0v) is 15.5. The first-order valence-corrected chi connectivity index (χ1v) is 9.04. The van der Waals surface area contributed by atoms with E-state index in [-0.39, 0.29) is 17.2 Å². The zero-order valence-electron chi connectivity index (χ0n) is 13.8. The third-order valence-electron chi connectivity index (χ3n) is 4.03. The fourth-order valence-corrected chi connectivity index (χ4v) is 3.80. The van der Waals surface area contributed by atoms with Gasteiger partial charge in [-0.05, 0) is 23.8 Å². The molecule has 5 nitrogen and oxygen atoms in total. The van der Waals surface area contributed by atoms with Crippen molar-refractivity contribution in [3.8, 4) is 11.1 Å². The first-order valence-electron chi connectivity index (χ1n) is 7.82. The molecule has 0 atom stereocenters. The van der Waals surface area contributed by atoms with E-state index in [1.54, 1.807) is 6.07 Å². The Bertz CT molecular complexity index is 1170. The third kappa shape index (κ3) is 3.36. The van der Waals surface area contributed by atoms with E-state index in [4.69, 9.17) is 22.4 Å². The van der Waals surface area contributed by atoms with E-state index in [0.717, 1.165) is 17.8 Å². The maximum absolute atomic E-state index is 13.2. The van der Waals surface area contributed by atoms with Gasteiger partial charge in [0.2, 0.25) is 0 Å². The van der Waals surface area contributed by atoms with Gasteiger partial charge in [-0.2, -0.15) is 13.2 Å². The van der Waals surface area contributed by atoms with Gasteiger partial charge >= 0.3 is 6.18 Å². The van der Waals surface area contributed by atoms with Crippen molar-refractivity contribution < 1.29 is 22.4 Å². The van der Waals surface area contributed by atoms with E-state index in [0.29, 0.717) is 31.5 Å². The van der Waals surface area contributed by atoms with Crippen LogP contribution in [0.25, 0.3) is 28.2 Å². The monoisotopic (exact) mass is 421 g/mol. The lowest BCUT2D eigenvalue weighted by molar-refractivity contribution is -0.136. The van der Waals surface area contributed by atoms with Gasteiger partial charge in [-0.1, -0.05) is 30.0 Å². The van der Waals surface area contributed by atoms with Gasteiger partial charge in [0.25, 0.3) is 5.91 Å². The number of furan rings is 1. The number of nitrogens with two attached hydrogens (primary N) is 1. The van der Waals surface area contributed by atoms with Crippen molar-refractivity contribution in [2.45, 2.75) is 6.18 Å². The SMILES string of the molecule is Nc1ccc(-c2cncc3cc(/C=C4/SC(=S)NC4=O)oc23)cc1C(F)(F)F. The second-order valence-electron chi connectivity index (χ2n) is 5.91. The first-order chi connectivity index (χ1) is 13.2.